The molecule has 0 fully saturated rings. The largest absolute Gasteiger partial charge is 0.357 e. The first-order chi connectivity index (χ1) is 7.78. The van der Waals surface area contributed by atoms with Gasteiger partial charge in [-0.2, -0.15) is 0 Å². The van der Waals surface area contributed by atoms with Crippen molar-refractivity contribution in [2.24, 2.45) is 0 Å². The summed E-state index contributed by atoms with van der Waals surface area (Å²) in [5, 5.41) is 4.14. The summed E-state index contributed by atoms with van der Waals surface area (Å²) in [6.45, 7) is 2.79. The minimum Gasteiger partial charge on any atom is -0.357 e. The number of thiazole rings is 1. The lowest BCUT2D eigenvalue weighted by atomic mass is 10.2. The molecule has 0 radical (unpaired) electrons. The normalized spacial score (nSPS) is 10.4. The van der Waals surface area contributed by atoms with Gasteiger partial charge in [0.05, 0.1) is 0 Å². The van der Waals surface area contributed by atoms with E-state index in [1.165, 1.54) is 17.0 Å². The van der Waals surface area contributed by atoms with E-state index >= 15 is 0 Å². The van der Waals surface area contributed by atoms with Crippen molar-refractivity contribution in [1.82, 2.24) is 4.98 Å². The van der Waals surface area contributed by atoms with Gasteiger partial charge in [0, 0.05) is 17.6 Å². The zero-order valence-corrected chi connectivity index (χ0v) is 9.85. The molecule has 1 heterocycles. The second-order valence-electron chi connectivity index (χ2n) is 3.47. The lowest BCUT2D eigenvalue weighted by molar-refractivity contribution is 0.627. The van der Waals surface area contributed by atoms with E-state index in [4.69, 9.17) is 0 Å². The maximum atomic E-state index is 12.7. The summed E-state index contributed by atoms with van der Waals surface area (Å²) >= 11 is 1.66. The Morgan fingerprint density at radius 2 is 2.06 bits per heavy atom. The third-order valence-electron chi connectivity index (χ3n) is 2.26. The van der Waals surface area contributed by atoms with Crippen LogP contribution >= 0.6 is 11.3 Å². The van der Waals surface area contributed by atoms with Crippen molar-refractivity contribution in [1.29, 1.82) is 0 Å². The van der Waals surface area contributed by atoms with Gasteiger partial charge in [-0.3, -0.25) is 0 Å². The summed E-state index contributed by atoms with van der Waals surface area (Å²) < 4.78 is 12.7. The fourth-order valence-corrected chi connectivity index (χ4v) is 2.08. The standard InChI is InChI=1S/C12H13FN2S/c1-2-11-8-15-12(16-11)14-7-9-3-5-10(13)6-4-9/h3-6,8H,2,7H2,1H3,(H,14,15). The number of nitrogens with one attached hydrogen (secondary N) is 1. The average molecular weight is 236 g/mol. The summed E-state index contributed by atoms with van der Waals surface area (Å²) in [5.41, 5.74) is 1.05. The molecule has 0 saturated heterocycles. The predicted molar refractivity (Wildman–Crippen MR) is 65.2 cm³/mol. The number of anilines is 1. The zero-order valence-electron chi connectivity index (χ0n) is 9.03. The maximum absolute atomic E-state index is 12.7. The van der Waals surface area contributed by atoms with Crippen LogP contribution in [-0.2, 0) is 13.0 Å². The van der Waals surface area contributed by atoms with Crippen LogP contribution in [-0.4, -0.2) is 4.98 Å². The molecule has 2 nitrogen and oxygen atoms in total. The molecule has 0 unspecified atom stereocenters. The molecule has 16 heavy (non-hydrogen) atoms. The van der Waals surface area contributed by atoms with Crippen LogP contribution in [0.5, 0.6) is 0 Å². The van der Waals surface area contributed by atoms with Crippen LogP contribution in [0.1, 0.15) is 17.4 Å². The van der Waals surface area contributed by atoms with E-state index in [1.807, 2.05) is 6.20 Å². The summed E-state index contributed by atoms with van der Waals surface area (Å²) in [6, 6.07) is 6.49. The Labute approximate surface area is 98.2 Å². The summed E-state index contributed by atoms with van der Waals surface area (Å²) in [4.78, 5) is 5.52. The number of hydrogen-bond donors (Lipinski definition) is 1. The molecule has 84 valence electrons. The van der Waals surface area contributed by atoms with Gasteiger partial charge < -0.3 is 5.32 Å². The molecule has 0 bridgehead atoms. The minimum atomic E-state index is -0.203. The monoisotopic (exact) mass is 236 g/mol. The van der Waals surface area contributed by atoms with Crippen molar-refractivity contribution >= 4 is 16.5 Å². The molecule has 0 aliphatic carbocycles. The molecule has 1 aromatic carbocycles. The van der Waals surface area contributed by atoms with Gasteiger partial charge in [0.25, 0.3) is 0 Å². The molecule has 0 amide bonds. The maximum Gasteiger partial charge on any atom is 0.183 e. The Morgan fingerprint density at radius 3 is 2.69 bits per heavy atom. The SMILES string of the molecule is CCc1cnc(NCc2ccc(F)cc2)s1. The highest BCUT2D eigenvalue weighted by Crippen LogP contribution is 2.18. The van der Waals surface area contributed by atoms with Gasteiger partial charge in [-0.1, -0.05) is 19.1 Å². The van der Waals surface area contributed by atoms with Gasteiger partial charge in [0.15, 0.2) is 5.13 Å². The molecule has 0 saturated carbocycles. The van der Waals surface area contributed by atoms with E-state index in [0.29, 0.717) is 6.54 Å². The highest BCUT2D eigenvalue weighted by molar-refractivity contribution is 7.15. The van der Waals surface area contributed by atoms with Crippen molar-refractivity contribution in [2.75, 3.05) is 5.32 Å². The predicted octanol–water partition coefficient (Wildman–Crippen LogP) is 3.46. The number of aryl methyl sites for hydroxylation is 1. The van der Waals surface area contributed by atoms with E-state index in [9.17, 15) is 4.39 Å². The zero-order chi connectivity index (χ0) is 11.4. The van der Waals surface area contributed by atoms with Gasteiger partial charge in [-0.15, -0.1) is 11.3 Å². The molecule has 2 aromatic rings. The lowest BCUT2D eigenvalue weighted by Crippen LogP contribution is -1.98. The van der Waals surface area contributed by atoms with Gasteiger partial charge in [-0.05, 0) is 24.1 Å². The molecule has 2 rings (SSSR count). The Morgan fingerprint density at radius 1 is 1.31 bits per heavy atom. The summed E-state index contributed by atoms with van der Waals surface area (Å²) in [7, 11) is 0. The van der Waals surface area contributed by atoms with Gasteiger partial charge in [-0.25, -0.2) is 9.37 Å². The van der Waals surface area contributed by atoms with Crippen LogP contribution < -0.4 is 5.32 Å². The van der Waals surface area contributed by atoms with Gasteiger partial charge >= 0.3 is 0 Å². The molecule has 0 aliphatic heterocycles. The molecule has 1 N–H and O–H groups in total. The second kappa shape index (κ2) is 5.07. The van der Waals surface area contributed by atoms with Crippen molar-refractivity contribution in [2.45, 2.75) is 19.9 Å². The first kappa shape index (κ1) is 11.1. The van der Waals surface area contributed by atoms with E-state index in [0.717, 1.165) is 17.1 Å². The Kier molecular flexibility index (Phi) is 3.51. The Balaban J connectivity index is 1.94. The highest BCUT2D eigenvalue weighted by Gasteiger charge is 2.00. The van der Waals surface area contributed by atoms with Gasteiger partial charge in [0.1, 0.15) is 5.82 Å². The number of benzene rings is 1. The number of halogens is 1. The first-order valence-corrected chi connectivity index (χ1v) is 6.02. The van der Waals surface area contributed by atoms with Crippen molar-refractivity contribution < 1.29 is 4.39 Å². The van der Waals surface area contributed by atoms with E-state index in [-0.39, 0.29) is 5.82 Å². The Hall–Kier alpha value is -1.42. The van der Waals surface area contributed by atoms with Crippen molar-refractivity contribution in [3.05, 3.63) is 46.7 Å². The quantitative estimate of drug-likeness (QED) is 0.879. The Bertz CT molecular complexity index is 450. The number of nitrogens with zero attached hydrogens (tertiary/aromatic N) is 1. The van der Waals surface area contributed by atoms with Gasteiger partial charge in [0.2, 0.25) is 0 Å². The summed E-state index contributed by atoms with van der Waals surface area (Å²) in [5.74, 6) is -0.203. The van der Waals surface area contributed by atoms with Crippen molar-refractivity contribution in [3.8, 4) is 0 Å². The third kappa shape index (κ3) is 2.79. The first-order valence-electron chi connectivity index (χ1n) is 5.21. The third-order valence-corrected chi connectivity index (χ3v) is 3.36. The van der Waals surface area contributed by atoms with Crippen molar-refractivity contribution in [3.63, 3.8) is 0 Å². The molecule has 0 spiro atoms. The van der Waals surface area contributed by atoms with Crippen LogP contribution in [0.2, 0.25) is 0 Å². The topological polar surface area (TPSA) is 24.9 Å². The number of rotatable bonds is 4. The highest BCUT2D eigenvalue weighted by atomic mass is 32.1. The van der Waals surface area contributed by atoms with E-state index in [2.05, 4.69) is 17.2 Å². The fraction of sp³-hybridized carbons (Fsp3) is 0.250. The van der Waals surface area contributed by atoms with Crippen LogP contribution in [0.4, 0.5) is 9.52 Å². The van der Waals surface area contributed by atoms with Crippen LogP contribution in [0.15, 0.2) is 30.5 Å². The van der Waals surface area contributed by atoms with E-state index < -0.39 is 0 Å². The molecular weight excluding hydrogens is 223 g/mol. The number of aromatic nitrogens is 1. The molecule has 1 aromatic heterocycles. The molecule has 0 atom stereocenters. The van der Waals surface area contributed by atoms with E-state index in [1.54, 1.807) is 23.5 Å². The second-order valence-corrected chi connectivity index (χ2v) is 4.58. The lowest BCUT2D eigenvalue weighted by Gasteiger charge is -2.02. The smallest absolute Gasteiger partial charge is 0.183 e. The molecular formula is C12H13FN2S. The summed E-state index contributed by atoms with van der Waals surface area (Å²) in [6.07, 6.45) is 2.90. The molecule has 4 heteroatoms. The van der Waals surface area contributed by atoms with Crippen LogP contribution in [0, 0.1) is 5.82 Å². The van der Waals surface area contributed by atoms with Crippen LogP contribution in [0.25, 0.3) is 0 Å². The fourth-order valence-electron chi connectivity index (χ4n) is 1.33. The number of hydrogen-bond acceptors (Lipinski definition) is 3. The average Bonchev–Trinajstić information content (AvgIpc) is 2.76. The van der Waals surface area contributed by atoms with Crippen LogP contribution in [0.3, 0.4) is 0 Å². The molecule has 0 aliphatic rings. The minimum absolute atomic E-state index is 0.203.